The third kappa shape index (κ3) is 7.56. The van der Waals surface area contributed by atoms with Crippen molar-refractivity contribution in [1.29, 1.82) is 0 Å². The van der Waals surface area contributed by atoms with Crippen molar-refractivity contribution in [2.24, 2.45) is 0 Å². The Morgan fingerprint density at radius 1 is 1.15 bits per heavy atom. The van der Waals surface area contributed by atoms with Crippen LogP contribution in [0.4, 0.5) is 4.39 Å². The zero-order valence-electron chi connectivity index (χ0n) is 22.1. The first kappa shape index (κ1) is 31.5. The Morgan fingerprint density at radius 2 is 1.85 bits per heavy atom. The van der Waals surface area contributed by atoms with Crippen LogP contribution in [0.2, 0.25) is 0 Å². The van der Waals surface area contributed by atoms with Gasteiger partial charge in [0.05, 0.1) is 29.9 Å². The zero-order chi connectivity index (χ0) is 29.4. The third-order valence-corrected chi connectivity index (χ3v) is 7.23. The molecule has 3 atom stereocenters. The van der Waals surface area contributed by atoms with Crippen molar-refractivity contribution in [3.8, 4) is 11.5 Å². The molecule has 216 valence electrons. The average molecular weight is 670 g/mol. The minimum Gasteiger partial charge on any atom is -0.493 e. The fourth-order valence-electron chi connectivity index (χ4n) is 4.33. The van der Waals surface area contributed by atoms with Crippen molar-refractivity contribution in [3.63, 3.8) is 0 Å². The van der Waals surface area contributed by atoms with E-state index in [1.807, 2.05) is 22.6 Å². The molecule has 0 bridgehead atoms. The number of Topliss-reactive ketones (excluding diaryl/α,β-unsaturated/α-hetero) is 1. The molecule has 4 N–H and O–H groups in total. The van der Waals surface area contributed by atoms with Crippen LogP contribution in [0.5, 0.6) is 11.5 Å². The van der Waals surface area contributed by atoms with Gasteiger partial charge in [0.1, 0.15) is 18.0 Å². The Bertz CT molecular complexity index is 1250. The van der Waals surface area contributed by atoms with Gasteiger partial charge in [0.15, 0.2) is 11.5 Å². The Morgan fingerprint density at radius 3 is 2.45 bits per heavy atom. The molecule has 0 aromatic heterocycles. The Kier molecular flexibility index (Phi) is 11.4. The SMILES string of the molecule is CCC(=O)C(=O)N(Cc1ccc(F)cc1)C1CC(C(=O)NCCO)=CC(Oc2c(I)cc(CO)cc2OC)C1O. The summed E-state index contributed by atoms with van der Waals surface area (Å²) in [6.45, 7) is 0.865. The van der Waals surface area contributed by atoms with Crippen LogP contribution in [0.1, 0.15) is 30.9 Å². The van der Waals surface area contributed by atoms with Gasteiger partial charge in [0, 0.05) is 31.5 Å². The molecule has 12 heteroatoms. The van der Waals surface area contributed by atoms with Gasteiger partial charge in [-0.15, -0.1) is 0 Å². The summed E-state index contributed by atoms with van der Waals surface area (Å²) >= 11 is 1.99. The first-order chi connectivity index (χ1) is 19.1. The van der Waals surface area contributed by atoms with Crippen molar-refractivity contribution in [3.05, 3.63) is 68.6 Å². The lowest BCUT2D eigenvalue weighted by atomic mass is 9.87. The standard InChI is InChI=1S/C28H32FIN2O8/c1-3-22(35)28(38)32(14-16-4-6-19(29)7-5-16)21-12-18(27(37)31-8-9-33)13-23(25(21)36)40-26-20(30)10-17(15-34)11-24(26)39-2/h4-7,10-11,13,21,23,25,33-34,36H,3,8-9,12,14-15H2,1-2H3,(H,31,37). The van der Waals surface area contributed by atoms with Crippen LogP contribution >= 0.6 is 22.6 Å². The van der Waals surface area contributed by atoms with Gasteiger partial charge in [-0.05, 0) is 64.1 Å². The number of ketones is 1. The molecule has 3 rings (SSSR count). The second kappa shape index (κ2) is 14.5. The Hall–Kier alpha value is -3.07. The van der Waals surface area contributed by atoms with Crippen LogP contribution in [0.3, 0.4) is 0 Å². The topological polar surface area (TPSA) is 146 Å². The number of rotatable bonds is 12. The molecule has 0 radical (unpaired) electrons. The predicted octanol–water partition coefficient (Wildman–Crippen LogP) is 1.85. The van der Waals surface area contributed by atoms with Gasteiger partial charge >= 0.3 is 0 Å². The highest BCUT2D eigenvalue weighted by Gasteiger charge is 2.42. The van der Waals surface area contributed by atoms with Gasteiger partial charge in [-0.25, -0.2) is 4.39 Å². The zero-order valence-corrected chi connectivity index (χ0v) is 24.3. The fraction of sp³-hybridized carbons (Fsp3) is 0.393. The second-order valence-electron chi connectivity index (χ2n) is 9.12. The summed E-state index contributed by atoms with van der Waals surface area (Å²) in [6, 6.07) is 7.56. The van der Waals surface area contributed by atoms with E-state index in [1.165, 1.54) is 49.3 Å². The van der Waals surface area contributed by atoms with E-state index in [1.54, 1.807) is 12.1 Å². The molecule has 0 saturated carbocycles. The van der Waals surface area contributed by atoms with Crippen LogP contribution in [-0.2, 0) is 27.5 Å². The second-order valence-corrected chi connectivity index (χ2v) is 10.3. The van der Waals surface area contributed by atoms with Crippen LogP contribution < -0.4 is 14.8 Å². The molecule has 3 unspecified atom stereocenters. The Labute approximate surface area is 244 Å². The van der Waals surface area contributed by atoms with E-state index in [9.17, 15) is 29.0 Å². The number of aliphatic hydroxyl groups is 3. The van der Waals surface area contributed by atoms with E-state index in [0.29, 0.717) is 14.7 Å². The smallest absolute Gasteiger partial charge is 0.290 e. The lowest BCUT2D eigenvalue weighted by Crippen LogP contribution is -2.56. The first-order valence-electron chi connectivity index (χ1n) is 12.6. The Balaban J connectivity index is 2.06. The van der Waals surface area contributed by atoms with Crippen LogP contribution in [0.15, 0.2) is 48.0 Å². The lowest BCUT2D eigenvalue weighted by Gasteiger charge is -2.40. The molecular weight excluding hydrogens is 638 g/mol. The van der Waals surface area contributed by atoms with E-state index < -0.39 is 41.7 Å². The number of nitrogens with zero attached hydrogens (tertiary/aromatic N) is 1. The third-order valence-electron chi connectivity index (χ3n) is 6.43. The van der Waals surface area contributed by atoms with Gasteiger partial charge in [0.25, 0.3) is 5.91 Å². The first-order valence-corrected chi connectivity index (χ1v) is 13.7. The number of carbonyl (C=O) groups is 3. The highest BCUT2D eigenvalue weighted by molar-refractivity contribution is 14.1. The van der Waals surface area contributed by atoms with Gasteiger partial charge in [-0.1, -0.05) is 19.1 Å². The van der Waals surface area contributed by atoms with E-state index in [4.69, 9.17) is 14.6 Å². The van der Waals surface area contributed by atoms with Crippen molar-refractivity contribution in [1.82, 2.24) is 10.2 Å². The molecule has 1 aliphatic carbocycles. The molecule has 1 aliphatic rings. The van der Waals surface area contributed by atoms with Crippen molar-refractivity contribution in [2.75, 3.05) is 20.3 Å². The molecule has 0 saturated heterocycles. The predicted molar refractivity (Wildman–Crippen MR) is 151 cm³/mol. The summed E-state index contributed by atoms with van der Waals surface area (Å²) in [5.74, 6) is -2.02. The molecule has 10 nitrogen and oxygen atoms in total. The van der Waals surface area contributed by atoms with Crippen molar-refractivity contribution in [2.45, 2.75) is 51.2 Å². The number of amides is 2. The van der Waals surface area contributed by atoms with E-state index in [-0.39, 0.29) is 56.2 Å². The van der Waals surface area contributed by atoms with E-state index >= 15 is 0 Å². The highest BCUT2D eigenvalue weighted by Crippen LogP contribution is 2.37. The summed E-state index contributed by atoms with van der Waals surface area (Å²) in [7, 11) is 1.42. The molecule has 0 spiro atoms. The molecule has 2 aromatic rings. The average Bonchev–Trinajstić information content (AvgIpc) is 2.96. The van der Waals surface area contributed by atoms with E-state index in [0.717, 1.165) is 0 Å². The van der Waals surface area contributed by atoms with E-state index in [2.05, 4.69) is 5.32 Å². The molecule has 0 fully saturated rings. The van der Waals surface area contributed by atoms with Crippen LogP contribution in [0.25, 0.3) is 0 Å². The lowest BCUT2D eigenvalue weighted by molar-refractivity contribution is -0.149. The minimum absolute atomic E-state index is 0.0180. The number of hydrogen-bond acceptors (Lipinski definition) is 8. The minimum atomic E-state index is -1.39. The number of ether oxygens (including phenoxy) is 2. The van der Waals surface area contributed by atoms with Gasteiger partial charge in [-0.2, -0.15) is 0 Å². The number of halogens is 2. The summed E-state index contributed by atoms with van der Waals surface area (Å²) in [5.41, 5.74) is 1.26. The van der Waals surface area contributed by atoms with Gasteiger partial charge in [-0.3, -0.25) is 14.4 Å². The maximum absolute atomic E-state index is 13.5. The van der Waals surface area contributed by atoms with Crippen LogP contribution in [0, 0.1) is 9.39 Å². The van der Waals surface area contributed by atoms with Gasteiger partial charge < -0.3 is 35.0 Å². The quantitative estimate of drug-likeness (QED) is 0.198. The molecule has 40 heavy (non-hydrogen) atoms. The highest BCUT2D eigenvalue weighted by atomic mass is 127. The maximum atomic E-state index is 13.5. The van der Waals surface area contributed by atoms with Crippen LogP contribution in [-0.4, -0.2) is 76.3 Å². The monoisotopic (exact) mass is 670 g/mol. The summed E-state index contributed by atoms with van der Waals surface area (Å²) in [4.78, 5) is 40.0. The number of aliphatic hydroxyl groups excluding tert-OH is 3. The van der Waals surface area contributed by atoms with Crippen molar-refractivity contribution < 1.29 is 43.6 Å². The fourth-order valence-corrected chi connectivity index (χ4v) is 5.13. The summed E-state index contributed by atoms with van der Waals surface area (Å²) in [6.07, 6.45) is -1.29. The number of methoxy groups -OCH3 is 1. The normalized spacial score (nSPS) is 18.5. The number of nitrogens with one attached hydrogen (secondary N) is 1. The van der Waals surface area contributed by atoms with Gasteiger partial charge in [0.2, 0.25) is 11.7 Å². The molecule has 0 aliphatic heterocycles. The number of benzene rings is 2. The summed E-state index contributed by atoms with van der Waals surface area (Å²) in [5, 5.41) is 32.8. The molecular formula is C28H32FIN2O8. The number of carbonyl (C=O) groups excluding carboxylic acids is 3. The number of hydrogen-bond donors (Lipinski definition) is 4. The summed E-state index contributed by atoms with van der Waals surface area (Å²) < 4.78 is 25.7. The maximum Gasteiger partial charge on any atom is 0.290 e. The molecule has 2 amide bonds. The largest absolute Gasteiger partial charge is 0.493 e. The molecule has 2 aromatic carbocycles. The molecule has 0 heterocycles. The van der Waals surface area contributed by atoms with Crippen molar-refractivity contribution >= 4 is 40.2 Å².